The van der Waals surface area contributed by atoms with Crippen molar-refractivity contribution >= 4 is 31.9 Å². The van der Waals surface area contributed by atoms with Crippen molar-refractivity contribution < 1.29 is 0 Å². The lowest BCUT2D eigenvalue weighted by Gasteiger charge is -2.26. The van der Waals surface area contributed by atoms with Crippen LogP contribution in [-0.4, -0.2) is 15.1 Å². The van der Waals surface area contributed by atoms with Crippen LogP contribution in [0.1, 0.15) is 38.6 Å². The van der Waals surface area contributed by atoms with E-state index in [1.54, 1.807) is 0 Å². The zero-order valence-electron chi connectivity index (χ0n) is 10.5. The molecule has 1 atom stereocenters. The van der Waals surface area contributed by atoms with E-state index in [4.69, 9.17) is 0 Å². The van der Waals surface area contributed by atoms with E-state index in [1.807, 2.05) is 0 Å². The van der Waals surface area contributed by atoms with Crippen molar-refractivity contribution in [2.45, 2.75) is 47.1 Å². The van der Waals surface area contributed by atoms with Gasteiger partial charge in [0.05, 0.1) is 15.9 Å². The molecule has 16 heavy (non-hydrogen) atoms. The lowest BCUT2D eigenvalue weighted by Crippen LogP contribution is -2.22. The highest BCUT2D eigenvalue weighted by molar-refractivity contribution is 9.10. The summed E-state index contributed by atoms with van der Waals surface area (Å²) in [6, 6.07) is 0. The fourth-order valence-corrected chi connectivity index (χ4v) is 2.73. The molecule has 0 saturated carbocycles. The summed E-state index contributed by atoms with van der Waals surface area (Å²) < 4.78 is 3.28. The van der Waals surface area contributed by atoms with Crippen molar-refractivity contribution in [3.8, 4) is 0 Å². The van der Waals surface area contributed by atoms with Crippen molar-refractivity contribution in [3.63, 3.8) is 0 Å². The molecule has 2 nitrogen and oxygen atoms in total. The molecule has 0 amide bonds. The van der Waals surface area contributed by atoms with Crippen LogP contribution in [0.15, 0.2) is 4.47 Å². The first-order valence-electron chi connectivity index (χ1n) is 5.75. The Morgan fingerprint density at radius 2 is 2.00 bits per heavy atom. The van der Waals surface area contributed by atoms with Crippen LogP contribution in [0.4, 0.5) is 0 Å². The van der Waals surface area contributed by atoms with Crippen LogP contribution >= 0.6 is 31.9 Å². The normalized spacial score (nSPS) is 15.1. The highest BCUT2D eigenvalue weighted by Gasteiger charge is 2.25. The van der Waals surface area contributed by atoms with Crippen molar-refractivity contribution in [2.24, 2.45) is 5.41 Å². The third-order valence-corrected chi connectivity index (χ3v) is 5.61. The molecular formula is C12H20Br2N2. The first-order valence-corrected chi connectivity index (χ1v) is 7.66. The molecule has 1 unspecified atom stereocenters. The van der Waals surface area contributed by atoms with Gasteiger partial charge >= 0.3 is 0 Å². The Morgan fingerprint density at radius 3 is 2.44 bits per heavy atom. The van der Waals surface area contributed by atoms with E-state index >= 15 is 0 Å². The number of hydrogen-bond donors (Lipinski definition) is 0. The third kappa shape index (κ3) is 2.89. The number of rotatable bonds is 5. The van der Waals surface area contributed by atoms with Gasteiger partial charge in [0.2, 0.25) is 0 Å². The van der Waals surface area contributed by atoms with E-state index in [0.717, 1.165) is 24.0 Å². The molecule has 1 heterocycles. The summed E-state index contributed by atoms with van der Waals surface area (Å²) in [5.74, 6) is 0. The van der Waals surface area contributed by atoms with Crippen molar-refractivity contribution in [1.29, 1.82) is 0 Å². The summed E-state index contributed by atoms with van der Waals surface area (Å²) in [5, 5.41) is 5.56. The van der Waals surface area contributed by atoms with Gasteiger partial charge in [0, 0.05) is 11.9 Å². The largest absolute Gasteiger partial charge is 0.268 e. The molecule has 0 fully saturated rings. The summed E-state index contributed by atoms with van der Waals surface area (Å²) in [7, 11) is 0. The van der Waals surface area contributed by atoms with Gasteiger partial charge in [0.1, 0.15) is 0 Å². The fourth-order valence-electron chi connectivity index (χ4n) is 1.71. The van der Waals surface area contributed by atoms with Gasteiger partial charge in [-0.15, -0.1) is 0 Å². The molecular weight excluding hydrogens is 332 g/mol. The van der Waals surface area contributed by atoms with Crippen LogP contribution in [0.25, 0.3) is 0 Å². The average molecular weight is 352 g/mol. The first kappa shape index (κ1) is 14.2. The first-order chi connectivity index (χ1) is 7.47. The van der Waals surface area contributed by atoms with Gasteiger partial charge in [-0.25, -0.2) is 0 Å². The number of aromatic nitrogens is 2. The van der Waals surface area contributed by atoms with E-state index in [2.05, 4.69) is 69.3 Å². The summed E-state index contributed by atoms with van der Waals surface area (Å²) >= 11 is 7.28. The van der Waals surface area contributed by atoms with Crippen LogP contribution in [0.5, 0.6) is 0 Å². The minimum Gasteiger partial charge on any atom is -0.268 e. The van der Waals surface area contributed by atoms with Crippen LogP contribution in [0.3, 0.4) is 0 Å². The molecule has 92 valence electrons. The summed E-state index contributed by atoms with van der Waals surface area (Å²) in [4.78, 5) is 0. The maximum absolute atomic E-state index is 4.54. The lowest BCUT2D eigenvalue weighted by atomic mass is 9.85. The SMILES string of the molecule is CCn1nc(C)c(Br)c1CC(C)(CC)CBr. The number of hydrogen-bond acceptors (Lipinski definition) is 1. The Morgan fingerprint density at radius 1 is 1.38 bits per heavy atom. The van der Waals surface area contributed by atoms with E-state index in [9.17, 15) is 0 Å². The Balaban J connectivity index is 3.04. The number of aryl methyl sites for hydroxylation is 2. The molecule has 4 heteroatoms. The van der Waals surface area contributed by atoms with Gasteiger partial charge in [0.15, 0.2) is 0 Å². The molecule has 0 saturated heterocycles. The quantitative estimate of drug-likeness (QED) is 0.722. The molecule has 0 N–H and O–H groups in total. The van der Waals surface area contributed by atoms with Gasteiger partial charge in [-0.1, -0.05) is 29.8 Å². The molecule has 1 rings (SSSR count). The molecule has 0 radical (unpaired) electrons. The lowest BCUT2D eigenvalue weighted by molar-refractivity contribution is 0.348. The molecule has 0 bridgehead atoms. The van der Waals surface area contributed by atoms with Gasteiger partial charge < -0.3 is 0 Å². The highest BCUT2D eigenvalue weighted by Crippen LogP contribution is 2.32. The van der Waals surface area contributed by atoms with Crippen LogP contribution in [0, 0.1) is 12.3 Å². The Bertz CT molecular complexity index is 354. The van der Waals surface area contributed by atoms with E-state index < -0.39 is 0 Å². The van der Waals surface area contributed by atoms with E-state index in [-0.39, 0.29) is 0 Å². The zero-order chi connectivity index (χ0) is 12.3. The van der Waals surface area contributed by atoms with Crippen LogP contribution in [0.2, 0.25) is 0 Å². The predicted octanol–water partition coefficient (Wildman–Crippen LogP) is 4.33. The topological polar surface area (TPSA) is 17.8 Å². The second-order valence-corrected chi connectivity index (χ2v) is 5.99. The molecule has 0 aliphatic heterocycles. The van der Waals surface area contributed by atoms with Crippen LogP contribution in [-0.2, 0) is 13.0 Å². The summed E-state index contributed by atoms with van der Waals surface area (Å²) in [5.41, 5.74) is 2.72. The van der Waals surface area contributed by atoms with Crippen molar-refractivity contribution in [1.82, 2.24) is 9.78 Å². The monoisotopic (exact) mass is 350 g/mol. The molecule has 0 aliphatic rings. The second kappa shape index (κ2) is 5.67. The summed E-state index contributed by atoms with van der Waals surface area (Å²) in [6.45, 7) is 9.69. The van der Waals surface area contributed by atoms with E-state index in [0.29, 0.717) is 5.41 Å². The number of halogens is 2. The molecule has 0 aliphatic carbocycles. The second-order valence-electron chi connectivity index (χ2n) is 4.64. The Kier molecular flexibility index (Phi) is 5.05. The standard InChI is InChI=1S/C12H20Br2N2/c1-5-12(4,8-13)7-10-11(14)9(3)15-16(10)6-2/h5-8H2,1-4H3. The number of alkyl halides is 1. The van der Waals surface area contributed by atoms with Crippen molar-refractivity contribution in [2.75, 3.05) is 5.33 Å². The van der Waals surface area contributed by atoms with Gasteiger partial charge in [0.25, 0.3) is 0 Å². The Hall–Kier alpha value is 0.170. The third-order valence-electron chi connectivity index (χ3n) is 3.22. The fraction of sp³-hybridized carbons (Fsp3) is 0.750. The van der Waals surface area contributed by atoms with Gasteiger partial charge in [-0.05, 0) is 48.0 Å². The van der Waals surface area contributed by atoms with Gasteiger partial charge in [-0.2, -0.15) is 5.10 Å². The minimum atomic E-state index is 0.307. The number of nitrogens with zero attached hydrogens (tertiary/aromatic N) is 2. The maximum atomic E-state index is 4.54. The van der Waals surface area contributed by atoms with Crippen LogP contribution < -0.4 is 0 Å². The highest BCUT2D eigenvalue weighted by atomic mass is 79.9. The molecule has 1 aromatic heterocycles. The molecule has 1 aromatic rings. The molecule has 0 spiro atoms. The smallest absolute Gasteiger partial charge is 0.0738 e. The average Bonchev–Trinajstić information content (AvgIpc) is 2.56. The predicted molar refractivity (Wildman–Crippen MR) is 76.2 cm³/mol. The maximum Gasteiger partial charge on any atom is 0.0738 e. The van der Waals surface area contributed by atoms with Crippen molar-refractivity contribution in [3.05, 3.63) is 15.9 Å². The molecule has 0 aromatic carbocycles. The minimum absolute atomic E-state index is 0.307. The Labute approximate surface area is 115 Å². The van der Waals surface area contributed by atoms with E-state index in [1.165, 1.54) is 16.6 Å². The zero-order valence-corrected chi connectivity index (χ0v) is 13.7. The van der Waals surface area contributed by atoms with Gasteiger partial charge in [-0.3, -0.25) is 4.68 Å². The summed E-state index contributed by atoms with van der Waals surface area (Å²) in [6.07, 6.45) is 2.22.